The zero-order chi connectivity index (χ0) is 10.3. The van der Waals surface area contributed by atoms with Gasteiger partial charge in [0.1, 0.15) is 0 Å². The number of amides is 1. The number of nitrogens with zero attached hydrogens (tertiary/aromatic N) is 2. The van der Waals surface area contributed by atoms with Crippen LogP contribution in [-0.2, 0) is 4.79 Å². The van der Waals surface area contributed by atoms with Crippen LogP contribution >= 0.6 is 0 Å². The van der Waals surface area contributed by atoms with Crippen LogP contribution in [0.5, 0.6) is 0 Å². The highest BCUT2D eigenvalue weighted by Gasteiger charge is 2.37. The topological polar surface area (TPSA) is 23.6 Å². The molecular weight excluding hydrogens is 188 g/mol. The number of carbonyl (C=O) groups is 1. The molecule has 15 heavy (non-hydrogen) atoms. The summed E-state index contributed by atoms with van der Waals surface area (Å²) in [5, 5.41) is 0. The second-order valence-corrected chi connectivity index (χ2v) is 5.28. The van der Waals surface area contributed by atoms with E-state index in [9.17, 15) is 4.79 Å². The Balaban J connectivity index is 1.53. The molecular formula is C12H20N2O. The molecule has 2 saturated carbocycles. The van der Waals surface area contributed by atoms with Crippen molar-refractivity contribution in [3.05, 3.63) is 0 Å². The van der Waals surface area contributed by atoms with Gasteiger partial charge in [0.25, 0.3) is 0 Å². The summed E-state index contributed by atoms with van der Waals surface area (Å²) in [6.07, 6.45) is 8.78. The number of piperidine rings is 1. The number of likely N-dealkylation sites (tertiary alicyclic amines) is 1. The van der Waals surface area contributed by atoms with Gasteiger partial charge in [0.2, 0.25) is 6.41 Å². The van der Waals surface area contributed by atoms with Crippen molar-refractivity contribution in [2.75, 3.05) is 13.1 Å². The first-order chi connectivity index (χ1) is 7.38. The third-order valence-electron chi connectivity index (χ3n) is 4.07. The molecule has 3 aliphatic rings. The Morgan fingerprint density at radius 1 is 0.933 bits per heavy atom. The van der Waals surface area contributed by atoms with Gasteiger partial charge in [0.15, 0.2) is 0 Å². The molecule has 0 unspecified atom stereocenters. The second-order valence-electron chi connectivity index (χ2n) is 5.28. The molecule has 3 nitrogen and oxygen atoms in total. The highest BCUT2D eigenvalue weighted by molar-refractivity contribution is 5.49. The first-order valence-electron chi connectivity index (χ1n) is 6.35. The number of rotatable bonds is 4. The van der Waals surface area contributed by atoms with Crippen molar-refractivity contribution in [2.45, 2.75) is 56.7 Å². The maximum absolute atomic E-state index is 11.0. The number of hydrogen-bond donors (Lipinski definition) is 0. The molecule has 3 rings (SSSR count). The minimum atomic E-state index is 0.546. The largest absolute Gasteiger partial charge is 0.339 e. The van der Waals surface area contributed by atoms with Crippen LogP contribution in [0.2, 0.25) is 0 Å². The fourth-order valence-corrected chi connectivity index (χ4v) is 2.83. The van der Waals surface area contributed by atoms with Crippen molar-refractivity contribution >= 4 is 6.41 Å². The van der Waals surface area contributed by atoms with Gasteiger partial charge in [-0.15, -0.1) is 0 Å². The van der Waals surface area contributed by atoms with Gasteiger partial charge in [-0.1, -0.05) is 0 Å². The van der Waals surface area contributed by atoms with Gasteiger partial charge in [-0.2, -0.15) is 0 Å². The minimum Gasteiger partial charge on any atom is -0.339 e. The molecule has 1 saturated heterocycles. The van der Waals surface area contributed by atoms with Crippen LogP contribution in [0.25, 0.3) is 0 Å². The van der Waals surface area contributed by atoms with Crippen molar-refractivity contribution in [1.82, 2.24) is 9.80 Å². The fraction of sp³-hybridized carbons (Fsp3) is 0.917. The van der Waals surface area contributed by atoms with Crippen LogP contribution in [0.1, 0.15) is 38.5 Å². The minimum absolute atomic E-state index is 0.546. The predicted molar refractivity (Wildman–Crippen MR) is 58.5 cm³/mol. The van der Waals surface area contributed by atoms with Crippen LogP contribution in [0, 0.1) is 0 Å². The average molecular weight is 208 g/mol. The van der Waals surface area contributed by atoms with Gasteiger partial charge >= 0.3 is 0 Å². The lowest BCUT2D eigenvalue weighted by atomic mass is 10.0. The van der Waals surface area contributed by atoms with E-state index >= 15 is 0 Å². The normalized spacial score (nSPS) is 29.1. The summed E-state index contributed by atoms with van der Waals surface area (Å²) < 4.78 is 0. The predicted octanol–water partition coefficient (Wildman–Crippen LogP) is 1.23. The Morgan fingerprint density at radius 3 is 2.00 bits per heavy atom. The maximum atomic E-state index is 11.0. The first kappa shape index (κ1) is 9.64. The molecule has 3 heteroatoms. The van der Waals surface area contributed by atoms with E-state index in [-0.39, 0.29) is 0 Å². The van der Waals surface area contributed by atoms with Crippen LogP contribution in [0.4, 0.5) is 0 Å². The summed E-state index contributed by atoms with van der Waals surface area (Å²) in [5.74, 6) is 0. The smallest absolute Gasteiger partial charge is 0.210 e. The SMILES string of the molecule is O=CN(C1CC1)C1CCN(C2CC2)CC1. The molecule has 3 fully saturated rings. The van der Waals surface area contributed by atoms with Crippen molar-refractivity contribution in [3.8, 4) is 0 Å². The van der Waals surface area contributed by atoms with E-state index in [1.54, 1.807) is 0 Å². The second kappa shape index (κ2) is 3.78. The lowest BCUT2D eigenvalue weighted by Crippen LogP contribution is -2.45. The van der Waals surface area contributed by atoms with Crippen molar-refractivity contribution in [2.24, 2.45) is 0 Å². The van der Waals surface area contributed by atoms with E-state index in [4.69, 9.17) is 0 Å². The maximum Gasteiger partial charge on any atom is 0.210 e. The van der Waals surface area contributed by atoms with Crippen molar-refractivity contribution in [3.63, 3.8) is 0 Å². The molecule has 1 amide bonds. The summed E-state index contributed by atoms with van der Waals surface area (Å²) in [4.78, 5) is 15.7. The molecule has 0 aromatic heterocycles. The molecule has 0 atom stereocenters. The van der Waals surface area contributed by atoms with Gasteiger partial charge in [-0.25, -0.2) is 0 Å². The molecule has 0 bridgehead atoms. The summed E-state index contributed by atoms with van der Waals surface area (Å²) in [6, 6.07) is 2.04. The average Bonchev–Trinajstić information content (AvgIpc) is 3.14. The van der Waals surface area contributed by atoms with E-state index in [2.05, 4.69) is 9.80 Å². The Bertz CT molecular complexity index is 240. The molecule has 2 aliphatic carbocycles. The summed E-state index contributed by atoms with van der Waals surface area (Å²) in [5.41, 5.74) is 0. The molecule has 1 aliphatic heterocycles. The zero-order valence-corrected chi connectivity index (χ0v) is 9.27. The quantitative estimate of drug-likeness (QED) is 0.649. The molecule has 0 aromatic carbocycles. The molecule has 84 valence electrons. The Morgan fingerprint density at radius 2 is 1.53 bits per heavy atom. The van der Waals surface area contributed by atoms with E-state index < -0.39 is 0 Å². The van der Waals surface area contributed by atoms with Crippen LogP contribution in [0.15, 0.2) is 0 Å². The first-order valence-corrected chi connectivity index (χ1v) is 6.35. The van der Waals surface area contributed by atoms with Crippen LogP contribution < -0.4 is 0 Å². The summed E-state index contributed by atoms with van der Waals surface area (Å²) >= 11 is 0. The van der Waals surface area contributed by atoms with E-state index in [1.165, 1.54) is 51.6 Å². The molecule has 0 aromatic rings. The number of carbonyl (C=O) groups excluding carboxylic acids is 1. The third kappa shape index (κ3) is 2.03. The van der Waals surface area contributed by atoms with Crippen LogP contribution in [-0.4, -0.2) is 47.4 Å². The Hall–Kier alpha value is -0.570. The van der Waals surface area contributed by atoms with Gasteiger partial charge in [-0.3, -0.25) is 4.79 Å². The highest BCUT2D eigenvalue weighted by Crippen LogP contribution is 2.33. The van der Waals surface area contributed by atoms with Crippen molar-refractivity contribution in [1.29, 1.82) is 0 Å². The monoisotopic (exact) mass is 208 g/mol. The lowest BCUT2D eigenvalue weighted by Gasteiger charge is -2.37. The zero-order valence-electron chi connectivity index (χ0n) is 9.27. The summed E-state index contributed by atoms with van der Waals surface area (Å²) in [6.45, 7) is 2.43. The van der Waals surface area contributed by atoms with Gasteiger partial charge in [0.05, 0.1) is 0 Å². The lowest BCUT2D eigenvalue weighted by molar-refractivity contribution is -0.121. The highest BCUT2D eigenvalue weighted by atomic mass is 16.1. The number of hydrogen-bond acceptors (Lipinski definition) is 2. The fourth-order valence-electron chi connectivity index (χ4n) is 2.83. The standard InChI is InChI=1S/C12H20N2O/c15-9-14(11-3-4-11)12-5-7-13(8-6-12)10-1-2-10/h9-12H,1-8H2. The molecule has 0 spiro atoms. The Kier molecular flexibility index (Phi) is 2.43. The van der Waals surface area contributed by atoms with Gasteiger partial charge < -0.3 is 9.80 Å². The van der Waals surface area contributed by atoms with Gasteiger partial charge in [0, 0.05) is 31.2 Å². The van der Waals surface area contributed by atoms with Crippen LogP contribution in [0.3, 0.4) is 0 Å². The third-order valence-corrected chi connectivity index (χ3v) is 4.07. The van der Waals surface area contributed by atoms with Gasteiger partial charge in [-0.05, 0) is 38.5 Å². The van der Waals surface area contributed by atoms with E-state index in [0.717, 1.165) is 12.5 Å². The molecule has 1 heterocycles. The molecule has 0 N–H and O–H groups in total. The van der Waals surface area contributed by atoms with E-state index in [1.807, 2.05) is 0 Å². The molecule has 0 radical (unpaired) electrons. The Labute approximate surface area is 91.4 Å². The van der Waals surface area contributed by atoms with Crippen molar-refractivity contribution < 1.29 is 4.79 Å². The van der Waals surface area contributed by atoms with E-state index in [0.29, 0.717) is 12.1 Å². The summed E-state index contributed by atoms with van der Waals surface area (Å²) in [7, 11) is 0.